The van der Waals surface area contributed by atoms with Crippen LogP contribution >= 0.6 is 11.6 Å². The van der Waals surface area contributed by atoms with E-state index in [-0.39, 0.29) is 10.9 Å². The van der Waals surface area contributed by atoms with Gasteiger partial charge >= 0.3 is 0 Å². The quantitative estimate of drug-likeness (QED) is 0.911. The molecule has 1 N–H and O–H groups in total. The van der Waals surface area contributed by atoms with E-state index in [1.807, 2.05) is 0 Å². The number of halogens is 1. The zero-order valence-electron chi connectivity index (χ0n) is 12.6. The Morgan fingerprint density at radius 3 is 2.18 bits per heavy atom. The lowest BCUT2D eigenvalue weighted by Gasteiger charge is -2.21. The molecule has 1 saturated carbocycles. The zero-order chi connectivity index (χ0) is 16.0. The predicted molar refractivity (Wildman–Crippen MR) is 87.8 cm³/mol. The lowest BCUT2D eigenvalue weighted by molar-refractivity contribution is -0.119. The summed E-state index contributed by atoms with van der Waals surface area (Å²) in [5.41, 5.74) is 0. The van der Waals surface area contributed by atoms with Gasteiger partial charge in [0.15, 0.2) is 9.84 Å². The monoisotopic (exact) mass is 343 g/mol. The fraction of sp³-hybridized carbons (Fsp3) is 0.562. The number of hydrogen-bond donors (Lipinski definition) is 1. The van der Waals surface area contributed by atoms with Crippen LogP contribution in [0, 0.1) is 0 Å². The summed E-state index contributed by atoms with van der Waals surface area (Å²) in [7, 11) is -3.61. The van der Waals surface area contributed by atoms with Crippen molar-refractivity contribution in [3.05, 3.63) is 29.3 Å². The first-order valence-corrected chi connectivity index (χ1v) is 9.78. The van der Waals surface area contributed by atoms with Crippen LogP contribution in [0.1, 0.15) is 44.9 Å². The summed E-state index contributed by atoms with van der Waals surface area (Å²) in [5.74, 6) is -0.925. The second kappa shape index (κ2) is 7.97. The second-order valence-electron chi connectivity index (χ2n) is 5.82. The third kappa shape index (κ3) is 5.29. The molecule has 1 aromatic rings. The molecule has 1 fully saturated rings. The molecule has 0 saturated heterocycles. The molecule has 1 aliphatic rings. The Morgan fingerprint density at radius 2 is 1.59 bits per heavy atom. The Morgan fingerprint density at radius 1 is 1.05 bits per heavy atom. The highest BCUT2D eigenvalue weighted by Gasteiger charge is 2.21. The maximum absolute atomic E-state index is 12.2. The van der Waals surface area contributed by atoms with Gasteiger partial charge < -0.3 is 5.32 Å². The molecule has 0 aromatic heterocycles. The molecular weight excluding hydrogens is 322 g/mol. The molecule has 0 spiro atoms. The number of carbonyl (C=O) groups is 1. The third-order valence-corrected chi connectivity index (χ3v) is 5.85. The van der Waals surface area contributed by atoms with Gasteiger partial charge in [0.1, 0.15) is 5.75 Å². The van der Waals surface area contributed by atoms with Crippen molar-refractivity contribution in [1.82, 2.24) is 5.32 Å². The van der Waals surface area contributed by atoms with Crippen LogP contribution in [0.3, 0.4) is 0 Å². The minimum atomic E-state index is -3.61. The summed E-state index contributed by atoms with van der Waals surface area (Å²) >= 11 is 5.75. The molecule has 0 heterocycles. The van der Waals surface area contributed by atoms with Gasteiger partial charge in [-0.15, -0.1) is 0 Å². The van der Waals surface area contributed by atoms with Crippen molar-refractivity contribution in [2.75, 3.05) is 5.75 Å². The first-order chi connectivity index (χ1) is 10.5. The molecule has 0 aliphatic heterocycles. The van der Waals surface area contributed by atoms with Gasteiger partial charge in [0.05, 0.1) is 4.90 Å². The standard InChI is InChI=1S/C16H22ClNO3S/c17-13-8-10-15(11-9-13)22(20,21)12-16(19)18-14-6-4-2-1-3-5-7-14/h8-11,14H,1-7,12H2,(H,18,19). The van der Waals surface area contributed by atoms with Crippen LogP contribution in [0.5, 0.6) is 0 Å². The Hall–Kier alpha value is -1.07. The number of nitrogens with one attached hydrogen (secondary N) is 1. The summed E-state index contributed by atoms with van der Waals surface area (Å²) in [6.07, 6.45) is 7.69. The predicted octanol–water partition coefficient (Wildman–Crippen LogP) is 3.34. The number of rotatable bonds is 4. The van der Waals surface area contributed by atoms with Crippen LogP contribution in [0.4, 0.5) is 0 Å². The van der Waals surface area contributed by atoms with E-state index in [0.29, 0.717) is 5.02 Å². The SMILES string of the molecule is O=C(CS(=O)(=O)c1ccc(Cl)cc1)NC1CCCCCCC1. The molecule has 6 heteroatoms. The summed E-state index contributed by atoms with van der Waals surface area (Å²) in [6.45, 7) is 0. The number of carbonyl (C=O) groups excluding carboxylic acids is 1. The topological polar surface area (TPSA) is 63.2 Å². The minimum absolute atomic E-state index is 0.105. The molecule has 1 aromatic carbocycles. The maximum Gasteiger partial charge on any atom is 0.235 e. The molecule has 0 unspecified atom stereocenters. The Balaban J connectivity index is 1.93. The van der Waals surface area contributed by atoms with Gasteiger partial charge in [-0.25, -0.2) is 8.42 Å². The normalized spacial score (nSPS) is 17.5. The first kappa shape index (κ1) is 17.3. The highest BCUT2D eigenvalue weighted by molar-refractivity contribution is 7.92. The lowest BCUT2D eigenvalue weighted by atomic mass is 9.97. The lowest BCUT2D eigenvalue weighted by Crippen LogP contribution is -2.38. The van der Waals surface area contributed by atoms with E-state index >= 15 is 0 Å². The Labute approximate surface area is 137 Å². The Bertz CT molecular complexity index is 590. The molecule has 0 radical (unpaired) electrons. The first-order valence-electron chi connectivity index (χ1n) is 7.75. The van der Waals surface area contributed by atoms with Crippen molar-refractivity contribution in [3.63, 3.8) is 0 Å². The van der Waals surface area contributed by atoms with Gasteiger partial charge in [-0.05, 0) is 37.1 Å². The maximum atomic E-state index is 12.2. The van der Waals surface area contributed by atoms with Crippen LogP contribution in [0.25, 0.3) is 0 Å². The molecule has 22 heavy (non-hydrogen) atoms. The van der Waals surface area contributed by atoms with Crippen molar-refractivity contribution in [1.29, 1.82) is 0 Å². The second-order valence-corrected chi connectivity index (χ2v) is 8.25. The number of benzene rings is 1. The van der Waals surface area contributed by atoms with Gasteiger partial charge in [-0.2, -0.15) is 0 Å². The van der Waals surface area contributed by atoms with Gasteiger partial charge in [-0.1, -0.05) is 43.7 Å². The van der Waals surface area contributed by atoms with E-state index in [4.69, 9.17) is 11.6 Å². The molecule has 1 amide bonds. The fourth-order valence-corrected chi connectivity index (χ4v) is 4.04. The van der Waals surface area contributed by atoms with Gasteiger partial charge in [-0.3, -0.25) is 4.79 Å². The van der Waals surface area contributed by atoms with Crippen LogP contribution < -0.4 is 5.32 Å². The van der Waals surface area contributed by atoms with Gasteiger partial charge in [0, 0.05) is 11.1 Å². The van der Waals surface area contributed by atoms with E-state index in [9.17, 15) is 13.2 Å². The van der Waals surface area contributed by atoms with E-state index < -0.39 is 21.5 Å². The number of hydrogen-bond acceptors (Lipinski definition) is 3. The molecule has 2 rings (SSSR count). The molecule has 1 aliphatic carbocycles. The highest BCUT2D eigenvalue weighted by Crippen LogP contribution is 2.18. The zero-order valence-corrected chi connectivity index (χ0v) is 14.1. The molecular formula is C16H22ClNO3S. The largest absolute Gasteiger partial charge is 0.352 e. The van der Waals surface area contributed by atoms with Crippen LogP contribution in [-0.4, -0.2) is 26.1 Å². The summed E-state index contributed by atoms with van der Waals surface area (Å²) < 4.78 is 24.4. The van der Waals surface area contributed by atoms with Crippen molar-refractivity contribution in [2.45, 2.75) is 55.9 Å². The number of sulfone groups is 1. The van der Waals surface area contributed by atoms with Crippen molar-refractivity contribution in [3.8, 4) is 0 Å². The third-order valence-electron chi connectivity index (χ3n) is 3.96. The summed E-state index contributed by atoms with van der Waals surface area (Å²) in [6, 6.07) is 6.00. The van der Waals surface area contributed by atoms with Crippen LogP contribution in [0.15, 0.2) is 29.2 Å². The molecule has 4 nitrogen and oxygen atoms in total. The Kier molecular flexibility index (Phi) is 6.26. The van der Waals surface area contributed by atoms with Crippen molar-refractivity contribution >= 4 is 27.3 Å². The van der Waals surface area contributed by atoms with Crippen LogP contribution in [-0.2, 0) is 14.6 Å². The van der Waals surface area contributed by atoms with E-state index in [2.05, 4.69) is 5.32 Å². The number of amides is 1. The smallest absolute Gasteiger partial charge is 0.235 e. The average Bonchev–Trinajstić information content (AvgIpc) is 2.41. The minimum Gasteiger partial charge on any atom is -0.352 e. The molecule has 122 valence electrons. The molecule has 0 bridgehead atoms. The highest BCUT2D eigenvalue weighted by atomic mass is 35.5. The van der Waals surface area contributed by atoms with Crippen molar-refractivity contribution < 1.29 is 13.2 Å². The summed E-state index contributed by atoms with van der Waals surface area (Å²) in [5, 5.41) is 3.35. The molecule has 0 atom stereocenters. The van der Waals surface area contributed by atoms with Crippen molar-refractivity contribution in [2.24, 2.45) is 0 Å². The van der Waals surface area contributed by atoms with E-state index in [1.165, 1.54) is 43.5 Å². The van der Waals surface area contributed by atoms with Gasteiger partial charge in [0.2, 0.25) is 5.91 Å². The van der Waals surface area contributed by atoms with E-state index in [1.54, 1.807) is 0 Å². The summed E-state index contributed by atoms with van der Waals surface area (Å²) in [4.78, 5) is 12.2. The average molecular weight is 344 g/mol. The van der Waals surface area contributed by atoms with E-state index in [0.717, 1.165) is 25.7 Å². The van der Waals surface area contributed by atoms with Crippen LogP contribution in [0.2, 0.25) is 5.02 Å². The fourth-order valence-electron chi connectivity index (χ4n) is 2.77. The van der Waals surface area contributed by atoms with Gasteiger partial charge in [0.25, 0.3) is 0 Å².